The Kier molecular flexibility index (Phi) is 7.34. The van der Waals surface area contributed by atoms with Crippen LogP contribution in [-0.4, -0.2) is 45.1 Å². The quantitative estimate of drug-likeness (QED) is 0.666. The minimum absolute atomic E-state index is 0.168. The number of nitrogens with zero attached hydrogens (tertiary/aromatic N) is 1. The Bertz CT molecular complexity index is 934. The molecule has 0 aromatic heterocycles. The Morgan fingerprint density at radius 1 is 1.10 bits per heavy atom. The highest BCUT2D eigenvalue weighted by Crippen LogP contribution is 2.31. The van der Waals surface area contributed by atoms with Crippen molar-refractivity contribution in [2.75, 3.05) is 26.3 Å². The summed E-state index contributed by atoms with van der Waals surface area (Å²) in [6.45, 7) is 11.6. The molecule has 0 unspecified atom stereocenters. The third-order valence-electron chi connectivity index (χ3n) is 5.43. The Labute approximate surface area is 181 Å². The first-order chi connectivity index (χ1) is 14.2. The average Bonchev–Trinajstić information content (AvgIpc) is 2.71. The smallest absolute Gasteiger partial charge is 0.244 e. The lowest BCUT2D eigenvalue weighted by atomic mass is 9.92. The van der Waals surface area contributed by atoms with E-state index >= 15 is 0 Å². The maximum absolute atomic E-state index is 13.4. The van der Waals surface area contributed by atoms with E-state index in [-0.39, 0.29) is 6.04 Å². The number of hydrogen-bond donors (Lipinski definition) is 1. The van der Waals surface area contributed by atoms with Gasteiger partial charge in [-0.05, 0) is 42.5 Å². The summed E-state index contributed by atoms with van der Waals surface area (Å²) >= 11 is 0. The minimum Gasteiger partial charge on any atom is -0.378 e. The molecule has 0 bridgehead atoms. The molecular formula is C24H34N2O3S. The Morgan fingerprint density at radius 2 is 1.80 bits per heavy atom. The molecule has 1 aliphatic rings. The van der Waals surface area contributed by atoms with Gasteiger partial charge in [0.25, 0.3) is 0 Å². The highest BCUT2D eigenvalue weighted by atomic mass is 32.2. The molecule has 0 spiro atoms. The van der Waals surface area contributed by atoms with Crippen LogP contribution in [0.15, 0.2) is 53.4 Å². The number of hydrogen-bond acceptors (Lipinski definition) is 4. The first kappa shape index (κ1) is 22.9. The van der Waals surface area contributed by atoms with Gasteiger partial charge in [0.2, 0.25) is 10.0 Å². The molecule has 2 aromatic carbocycles. The van der Waals surface area contributed by atoms with Crippen molar-refractivity contribution < 1.29 is 13.2 Å². The van der Waals surface area contributed by atoms with E-state index in [0.29, 0.717) is 30.1 Å². The zero-order valence-electron chi connectivity index (χ0n) is 18.5. The van der Waals surface area contributed by atoms with Gasteiger partial charge in [0.1, 0.15) is 0 Å². The third kappa shape index (κ3) is 5.70. The second-order valence-electron chi connectivity index (χ2n) is 9.22. The van der Waals surface area contributed by atoms with E-state index in [1.54, 1.807) is 16.4 Å². The van der Waals surface area contributed by atoms with Crippen LogP contribution in [0.3, 0.4) is 0 Å². The molecular weight excluding hydrogens is 396 g/mol. The van der Waals surface area contributed by atoms with E-state index in [0.717, 1.165) is 30.6 Å². The lowest BCUT2D eigenvalue weighted by Gasteiger charge is -2.32. The van der Waals surface area contributed by atoms with E-state index in [4.69, 9.17) is 4.74 Å². The van der Waals surface area contributed by atoms with Crippen LogP contribution in [0.25, 0.3) is 11.1 Å². The minimum atomic E-state index is -3.59. The second kappa shape index (κ2) is 9.60. The maximum atomic E-state index is 13.4. The summed E-state index contributed by atoms with van der Waals surface area (Å²) in [6.07, 6.45) is 1.12. The molecule has 0 aliphatic carbocycles. The van der Waals surface area contributed by atoms with Crippen molar-refractivity contribution in [1.82, 2.24) is 9.62 Å². The van der Waals surface area contributed by atoms with Gasteiger partial charge >= 0.3 is 0 Å². The molecule has 0 amide bonds. The van der Waals surface area contributed by atoms with E-state index < -0.39 is 10.0 Å². The molecule has 1 N–H and O–H groups in total. The van der Waals surface area contributed by atoms with E-state index in [1.807, 2.05) is 31.2 Å². The molecule has 1 aliphatic heterocycles. The molecule has 164 valence electrons. The monoisotopic (exact) mass is 430 g/mol. The van der Waals surface area contributed by atoms with Crippen LogP contribution in [0.4, 0.5) is 0 Å². The highest BCUT2D eigenvalue weighted by Gasteiger charge is 2.33. The molecule has 1 atom stereocenters. The van der Waals surface area contributed by atoms with Crippen LogP contribution < -0.4 is 5.32 Å². The van der Waals surface area contributed by atoms with Gasteiger partial charge in [-0.1, -0.05) is 63.2 Å². The molecule has 6 heteroatoms. The van der Waals surface area contributed by atoms with Gasteiger partial charge in [0.05, 0.1) is 18.1 Å². The fourth-order valence-electron chi connectivity index (χ4n) is 3.62. The van der Waals surface area contributed by atoms with Gasteiger partial charge in [-0.3, -0.25) is 0 Å². The topological polar surface area (TPSA) is 58.6 Å². The van der Waals surface area contributed by atoms with Crippen LogP contribution in [0, 0.1) is 5.41 Å². The van der Waals surface area contributed by atoms with Crippen molar-refractivity contribution in [3.8, 4) is 11.1 Å². The van der Waals surface area contributed by atoms with Gasteiger partial charge in [0, 0.05) is 24.7 Å². The maximum Gasteiger partial charge on any atom is 0.244 e. The third-order valence-corrected chi connectivity index (χ3v) is 7.50. The van der Waals surface area contributed by atoms with Crippen molar-refractivity contribution in [3.63, 3.8) is 0 Å². The predicted molar refractivity (Wildman–Crippen MR) is 122 cm³/mol. The summed E-state index contributed by atoms with van der Waals surface area (Å²) in [5.41, 5.74) is 3.16. The van der Waals surface area contributed by atoms with Crippen LogP contribution in [0.5, 0.6) is 0 Å². The van der Waals surface area contributed by atoms with Crippen LogP contribution in [0.2, 0.25) is 0 Å². The molecule has 1 heterocycles. The Morgan fingerprint density at radius 3 is 2.47 bits per heavy atom. The molecule has 0 saturated carbocycles. The summed E-state index contributed by atoms with van der Waals surface area (Å²) in [5, 5.41) is 3.49. The van der Waals surface area contributed by atoms with Crippen molar-refractivity contribution >= 4 is 10.0 Å². The van der Waals surface area contributed by atoms with Crippen molar-refractivity contribution in [1.29, 1.82) is 0 Å². The number of sulfonamides is 1. The Balaban J connectivity index is 1.77. The largest absolute Gasteiger partial charge is 0.378 e. The van der Waals surface area contributed by atoms with Crippen molar-refractivity contribution in [2.24, 2.45) is 5.41 Å². The first-order valence-corrected chi connectivity index (χ1v) is 12.1. The van der Waals surface area contributed by atoms with Crippen molar-refractivity contribution in [2.45, 2.75) is 51.6 Å². The lowest BCUT2D eigenvalue weighted by molar-refractivity contribution is 0.0393. The summed E-state index contributed by atoms with van der Waals surface area (Å²) in [4.78, 5) is 0.356. The number of benzene rings is 2. The number of nitrogens with one attached hydrogen (secondary N) is 1. The van der Waals surface area contributed by atoms with E-state index in [1.165, 1.54) is 5.56 Å². The first-order valence-electron chi connectivity index (χ1n) is 10.7. The normalized spacial score (nSPS) is 18.5. The summed E-state index contributed by atoms with van der Waals surface area (Å²) in [5.74, 6) is 0. The summed E-state index contributed by atoms with van der Waals surface area (Å²) in [6, 6.07) is 15.3. The zero-order chi connectivity index (χ0) is 21.8. The van der Waals surface area contributed by atoms with E-state index in [2.05, 4.69) is 38.2 Å². The van der Waals surface area contributed by atoms with Gasteiger partial charge in [-0.25, -0.2) is 8.42 Å². The van der Waals surface area contributed by atoms with Gasteiger partial charge in [0.15, 0.2) is 0 Å². The molecule has 1 fully saturated rings. The van der Waals surface area contributed by atoms with Crippen LogP contribution >= 0.6 is 0 Å². The second-order valence-corrected chi connectivity index (χ2v) is 11.1. The predicted octanol–water partition coefficient (Wildman–Crippen LogP) is 4.29. The van der Waals surface area contributed by atoms with Crippen molar-refractivity contribution in [3.05, 3.63) is 54.1 Å². The fraction of sp³-hybridized carbons (Fsp3) is 0.500. The average molecular weight is 431 g/mol. The van der Waals surface area contributed by atoms with Crippen LogP contribution in [0.1, 0.15) is 39.7 Å². The van der Waals surface area contributed by atoms with Crippen LogP contribution in [-0.2, 0) is 21.3 Å². The van der Waals surface area contributed by atoms with Gasteiger partial charge in [-0.15, -0.1) is 0 Å². The highest BCUT2D eigenvalue weighted by molar-refractivity contribution is 7.89. The van der Waals surface area contributed by atoms with Gasteiger partial charge in [-0.2, -0.15) is 4.31 Å². The molecule has 2 aromatic rings. The molecule has 30 heavy (non-hydrogen) atoms. The fourth-order valence-corrected chi connectivity index (χ4v) is 5.44. The number of morpholine rings is 1. The van der Waals surface area contributed by atoms with E-state index in [9.17, 15) is 8.42 Å². The molecule has 1 saturated heterocycles. The number of rotatable bonds is 7. The number of ether oxygens (including phenoxy) is 1. The van der Waals surface area contributed by atoms with Gasteiger partial charge < -0.3 is 10.1 Å². The molecule has 3 rings (SSSR count). The lowest BCUT2D eigenvalue weighted by Crippen LogP contribution is -2.47. The summed E-state index contributed by atoms with van der Waals surface area (Å²) in [7, 11) is -3.59. The standard InChI is InChI=1S/C24H34N2O3S/c1-19-18-29-16-15-26(19)30(27,28)23-8-6-5-7-22(23)21-11-9-20(10-12-21)17-25-14-13-24(2,3)4/h5-12,19,25H,13-18H2,1-4H3/t19-/m1/s1. The summed E-state index contributed by atoms with van der Waals surface area (Å²) < 4.78 is 33.7. The SMILES string of the molecule is C[C@@H]1COCCN1S(=O)(=O)c1ccccc1-c1ccc(CNCCC(C)(C)C)cc1. The molecule has 5 nitrogen and oxygen atoms in total. The Hall–Kier alpha value is -1.73. The zero-order valence-corrected chi connectivity index (χ0v) is 19.3. The molecule has 0 radical (unpaired) electrons.